The molecule has 0 saturated carbocycles. The summed E-state index contributed by atoms with van der Waals surface area (Å²) in [5, 5.41) is 9.78. The highest BCUT2D eigenvalue weighted by Crippen LogP contribution is 2.49. The minimum atomic E-state index is 0.861. The third-order valence-corrected chi connectivity index (χ3v) is 22.2. The Balaban J connectivity index is 0.000000147. The molecule has 0 unspecified atom stereocenters. The first-order valence-electron chi connectivity index (χ1n) is 36.8. The lowest BCUT2D eigenvalue weighted by atomic mass is 9.93. The van der Waals surface area contributed by atoms with Crippen LogP contribution >= 0.6 is 11.3 Å². The van der Waals surface area contributed by atoms with Crippen LogP contribution in [0.5, 0.6) is 0 Å². The fourth-order valence-electron chi connectivity index (χ4n) is 15.6. The Bertz CT molecular complexity index is 6600. The van der Waals surface area contributed by atoms with Crippen LogP contribution in [0.3, 0.4) is 0 Å². The van der Waals surface area contributed by atoms with Crippen LogP contribution in [-0.2, 0) is 0 Å². The first-order chi connectivity index (χ1) is 53.5. The van der Waals surface area contributed by atoms with E-state index in [-0.39, 0.29) is 0 Å². The maximum atomic E-state index is 6.59. The topological polar surface area (TPSA) is 19.6 Å². The lowest BCUT2D eigenvalue weighted by molar-refractivity contribution is 0.669. The van der Waals surface area contributed by atoms with Crippen molar-refractivity contribution in [3.05, 3.63) is 425 Å². The molecule has 20 rings (SSSR count). The highest BCUT2D eigenvalue weighted by atomic mass is 32.1. The molecule has 0 N–H and O–H groups in total. The quantitative estimate of drug-likeness (QED) is 0.108. The second-order valence-corrected chi connectivity index (χ2v) is 28.5. The number of fused-ring (bicyclic) bond motifs is 8. The summed E-state index contributed by atoms with van der Waals surface area (Å²) >= 11 is 1.89. The van der Waals surface area contributed by atoms with Crippen LogP contribution in [0.2, 0.25) is 0 Å². The van der Waals surface area contributed by atoms with Crippen molar-refractivity contribution < 1.29 is 4.42 Å². The van der Waals surface area contributed by atoms with Gasteiger partial charge in [0.05, 0.1) is 10.4 Å². The smallest absolute Gasteiger partial charge is 0.137 e. The SMILES string of the molecule is c1ccc(-c2ccc(N(c3ccc(-c4cc(-c5ccccc5)c5ccccc5c4)cc3)c3ccc4c(c3)oc3cc(-c5ccccc5)ccc34)cc2)cc1.c1ccc(-c2ccc(N(c3ccc(-c4cc(-c5ccccc5)c5ccccc5c4)cc3)c3cccc4c3sc3c(-c5ccccc5)cccc34)cc2)cc1. The van der Waals surface area contributed by atoms with Crippen LogP contribution in [0.1, 0.15) is 0 Å². The molecule has 0 saturated heterocycles. The molecule has 0 aliphatic rings. The predicted molar refractivity (Wildman–Crippen MR) is 461 cm³/mol. The Kier molecular flexibility index (Phi) is 17.2. The second-order valence-electron chi connectivity index (χ2n) is 27.5. The summed E-state index contributed by atoms with van der Waals surface area (Å²) in [5.74, 6) is 0. The molecule has 2 heterocycles. The van der Waals surface area contributed by atoms with Gasteiger partial charge in [-0.1, -0.05) is 315 Å². The number of thiophene rings is 1. The summed E-state index contributed by atoms with van der Waals surface area (Å²) in [7, 11) is 0. The molecule has 108 heavy (non-hydrogen) atoms. The van der Waals surface area contributed by atoms with Crippen molar-refractivity contribution in [2.24, 2.45) is 0 Å². The van der Waals surface area contributed by atoms with Crippen LogP contribution in [0, 0.1) is 0 Å². The third-order valence-electron chi connectivity index (χ3n) is 20.9. The van der Waals surface area contributed by atoms with Crippen molar-refractivity contribution in [2.75, 3.05) is 9.80 Å². The zero-order valence-electron chi connectivity index (χ0n) is 59.1. The molecule has 0 atom stereocenters. The van der Waals surface area contributed by atoms with E-state index in [2.05, 4.69) is 428 Å². The fraction of sp³-hybridized carbons (Fsp3) is 0. The first kappa shape index (κ1) is 64.9. The van der Waals surface area contributed by atoms with Crippen LogP contribution in [-0.4, -0.2) is 0 Å². The Labute approximate surface area is 632 Å². The molecule has 508 valence electrons. The number of benzene rings is 18. The average Bonchev–Trinajstić information content (AvgIpc) is 1.56. The summed E-state index contributed by atoms with van der Waals surface area (Å²) in [6, 6.07) is 153. The molecule has 0 radical (unpaired) electrons. The van der Waals surface area contributed by atoms with Gasteiger partial charge in [-0.25, -0.2) is 0 Å². The largest absolute Gasteiger partial charge is 0.456 e. The molecule has 0 fully saturated rings. The Morgan fingerprint density at radius 1 is 0.176 bits per heavy atom. The molecule has 2 aromatic heterocycles. The highest BCUT2D eigenvalue weighted by Gasteiger charge is 2.22. The molecule has 0 spiro atoms. The van der Waals surface area contributed by atoms with Gasteiger partial charge < -0.3 is 14.2 Å². The fourth-order valence-corrected chi connectivity index (χ4v) is 16.9. The molecule has 0 bridgehead atoms. The average molecular weight is 1400 g/mol. The van der Waals surface area contributed by atoms with E-state index in [1.54, 1.807) is 0 Å². The van der Waals surface area contributed by atoms with E-state index in [9.17, 15) is 0 Å². The minimum Gasteiger partial charge on any atom is -0.456 e. The van der Waals surface area contributed by atoms with E-state index in [1.807, 2.05) is 17.4 Å². The molecule has 4 heteroatoms. The summed E-state index contributed by atoms with van der Waals surface area (Å²) in [6.45, 7) is 0. The molecule has 20 aromatic rings. The van der Waals surface area contributed by atoms with E-state index in [4.69, 9.17) is 4.42 Å². The highest BCUT2D eigenvalue weighted by molar-refractivity contribution is 7.27. The minimum absolute atomic E-state index is 0.861. The van der Waals surface area contributed by atoms with Crippen molar-refractivity contribution in [3.63, 3.8) is 0 Å². The van der Waals surface area contributed by atoms with Gasteiger partial charge >= 0.3 is 0 Å². The lowest BCUT2D eigenvalue weighted by Crippen LogP contribution is -2.10. The van der Waals surface area contributed by atoms with Gasteiger partial charge in [0.25, 0.3) is 0 Å². The summed E-state index contributed by atoms with van der Waals surface area (Å²) in [4.78, 5) is 4.74. The third kappa shape index (κ3) is 12.6. The van der Waals surface area contributed by atoms with Gasteiger partial charge in [-0.05, 0) is 214 Å². The van der Waals surface area contributed by atoms with Gasteiger partial charge in [0, 0.05) is 60.7 Å². The molecule has 0 aliphatic carbocycles. The van der Waals surface area contributed by atoms with E-state index in [1.165, 1.54) is 131 Å². The van der Waals surface area contributed by atoms with Gasteiger partial charge in [0.1, 0.15) is 11.2 Å². The van der Waals surface area contributed by atoms with Crippen LogP contribution < -0.4 is 9.80 Å². The van der Waals surface area contributed by atoms with Crippen molar-refractivity contribution >= 4 is 109 Å². The van der Waals surface area contributed by atoms with Crippen molar-refractivity contribution in [1.29, 1.82) is 0 Å². The van der Waals surface area contributed by atoms with Crippen molar-refractivity contribution in [3.8, 4) is 89.0 Å². The second kappa shape index (κ2) is 28.6. The van der Waals surface area contributed by atoms with Crippen molar-refractivity contribution in [1.82, 2.24) is 0 Å². The van der Waals surface area contributed by atoms with E-state index < -0.39 is 0 Å². The standard InChI is InChI=1S/C52H35NO.C52H35NS/c1-4-12-36(13-5-1)38-20-25-44(26-21-38)53(46-29-31-49-48-30-24-41(37-14-6-2-7-15-37)34-51(48)54-52(49)35-46)45-27-22-39(23-28-45)43-32-42-18-10-11-19-47(42)50(33-43)40-16-8-3-9-17-40;1-4-14-36(15-5-1)37-26-30-43(31-27-37)53(50-25-13-24-48-47-23-12-22-46(51(47)54-52(48)50)39-16-6-2-7-17-39)44-32-28-38(29-33-44)42-34-41-20-10-11-21-45(41)49(35-42)40-18-8-3-9-19-40/h2*1-35H. The number of furan rings is 1. The molecule has 3 nitrogen and oxygen atoms in total. The summed E-state index contributed by atoms with van der Waals surface area (Å²) in [6.07, 6.45) is 0. The number of nitrogens with zero attached hydrogens (tertiary/aromatic N) is 2. The van der Waals surface area contributed by atoms with E-state index >= 15 is 0 Å². The first-order valence-corrected chi connectivity index (χ1v) is 37.7. The summed E-state index contributed by atoms with van der Waals surface area (Å²) < 4.78 is 9.17. The number of anilines is 6. The zero-order valence-corrected chi connectivity index (χ0v) is 59.9. The molecular formula is C104H70N2OS. The Morgan fingerprint density at radius 3 is 0.963 bits per heavy atom. The van der Waals surface area contributed by atoms with Crippen molar-refractivity contribution in [2.45, 2.75) is 0 Å². The maximum absolute atomic E-state index is 6.59. The van der Waals surface area contributed by atoms with E-state index in [0.29, 0.717) is 0 Å². The normalized spacial score (nSPS) is 11.3. The van der Waals surface area contributed by atoms with Crippen LogP contribution in [0.4, 0.5) is 34.1 Å². The summed E-state index contributed by atoms with van der Waals surface area (Å²) in [5.41, 5.74) is 27.6. The predicted octanol–water partition coefficient (Wildman–Crippen LogP) is 30.2. The van der Waals surface area contributed by atoms with Gasteiger partial charge in [0.2, 0.25) is 0 Å². The van der Waals surface area contributed by atoms with E-state index in [0.717, 1.165) is 55.9 Å². The molecule has 0 amide bonds. The number of hydrogen-bond acceptors (Lipinski definition) is 4. The Hall–Kier alpha value is -13.9. The molecule has 18 aromatic carbocycles. The number of hydrogen-bond donors (Lipinski definition) is 0. The zero-order chi connectivity index (χ0) is 71.7. The van der Waals surface area contributed by atoms with Gasteiger partial charge in [0.15, 0.2) is 0 Å². The number of rotatable bonds is 14. The van der Waals surface area contributed by atoms with Crippen LogP contribution in [0.15, 0.2) is 429 Å². The molecule has 0 aliphatic heterocycles. The van der Waals surface area contributed by atoms with Gasteiger partial charge in [-0.15, -0.1) is 11.3 Å². The monoisotopic (exact) mass is 1390 g/mol. The van der Waals surface area contributed by atoms with Crippen LogP contribution in [0.25, 0.3) is 153 Å². The Morgan fingerprint density at radius 2 is 0.500 bits per heavy atom. The van der Waals surface area contributed by atoms with Gasteiger partial charge in [-0.3, -0.25) is 0 Å². The lowest BCUT2D eigenvalue weighted by Gasteiger charge is -2.26. The maximum Gasteiger partial charge on any atom is 0.137 e. The van der Waals surface area contributed by atoms with Gasteiger partial charge in [-0.2, -0.15) is 0 Å². The molecular weight excluding hydrogens is 1330 g/mol.